The lowest BCUT2D eigenvalue weighted by atomic mass is 9.70. The number of anilines is 1. The first-order chi connectivity index (χ1) is 18.6. The maximum absolute atomic E-state index is 14.8. The van der Waals surface area contributed by atoms with Gasteiger partial charge in [-0.1, -0.05) is 44.6 Å². The second-order valence-electron chi connectivity index (χ2n) is 11.5. The Morgan fingerprint density at radius 2 is 1.92 bits per heavy atom. The molecule has 3 aliphatic heterocycles. The first-order valence-corrected chi connectivity index (χ1v) is 14.9. The number of hydrogen-bond acceptors (Lipinski definition) is 5. The predicted molar refractivity (Wildman–Crippen MR) is 158 cm³/mol. The molecule has 3 heterocycles. The van der Waals surface area contributed by atoms with Crippen LogP contribution in [0.25, 0.3) is 0 Å². The molecule has 1 aromatic carbocycles. The van der Waals surface area contributed by atoms with Crippen molar-refractivity contribution in [3.63, 3.8) is 0 Å². The molecule has 1 spiro atoms. The average Bonchev–Trinajstić information content (AvgIpc) is 3.56. The SMILES string of the molecule is C=CCN(C)C(=O)[C@@H]1[C@@H]2CCC3(S2)C(C(=O)N(CC=C)c2cc(C)ccc2C)N([C@@H](CO)[C@@H](C)CC)C(=O)[C@H]13. The number of fused-ring (bicyclic) bond motifs is 1. The highest BCUT2D eigenvalue weighted by atomic mass is 32.2. The zero-order valence-corrected chi connectivity index (χ0v) is 24.7. The number of nitrogens with zero attached hydrogens (tertiary/aromatic N) is 3. The second kappa shape index (κ2) is 11.5. The summed E-state index contributed by atoms with van der Waals surface area (Å²) in [5.74, 6) is -1.52. The van der Waals surface area contributed by atoms with Crippen molar-refractivity contribution in [1.29, 1.82) is 0 Å². The van der Waals surface area contributed by atoms with E-state index in [9.17, 15) is 19.5 Å². The van der Waals surface area contributed by atoms with Crippen molar-refractivity contribution in [2.24, 2.45) is 17.8 Å². The number of amides is 3. The Kier molecular flexibility index (Phi) is 8.67. The van der Waals surface area contributed by atoms with Crippen LogP contribution in [-0.2, 0) is 14.4 Å². The number of thioether (sulfide) groups is 1. The molecular weight excluding hydrogens is 510 g/mol. The van der Waals surface area contributed by atoms with Crippen LogP contribution in [0.1, 0.15) is 44.2 Å². The predicted octanol–water partition coefficient (Wildman–Crippen LogP) is 3.97. The molecular formula is C31H43N3O4S. The smallest absolute Gasteiger partial charge is 0.251 e. The highest BCUT2D eigenvalue weighted by molar-refractivity contribution is 8.02. The van der Waals surface area contributed by atoms with E-state index in [0.717, 1.165) is 29.7 Å². The largest absolute Gasteiger partial charge is 0.394 e. The Hall–Kier alpha value is -2.58. The molecule has 4 rings (SSSR count). The Morgan fingerprint density at radius 1 is 1.23 bits per heavy atom. The number of carbonyl (C=O) groups is 3. The molecule has 1 aromatic rings. The first-order valence-electron chi connectivity index (χ1n) is 14.0. The molecule has 0 aliphatic carbocycles. The van der Waals surface area contributed by atoms with Gasteiger partial charge in [-0.05, 0) is 49.8 Å². The van der Waals surface area contributed by atoms with E-state index in [0.29, 0.717) is 19.5 Å². The maximum atomic E-state index is 14.8. The van der Waals surface area contributed by atoms with E-state index in [1.54, 1.807) is 45.7 Å². The minimum atomic E-state index is -0.779. The minimum Gasteiger partial charge on any atom is -0.394 e. The van der Waals surface area contributed by atoms with Crippen LogP contribution in [0.2, 0.25) is 0 Å². The lowest BCUT2D eigenvalue weighted by Gasteiger charge is -2.41. The maximum Gasteiger partial charge on any atom is 0.251 e. The van der Waals surface area contributed by atoms with E-state index in [1.165, 1.54) is 0 Å². The number of aryl methyl sites for hydroxylation is 2. The summed E-state index contributed by atoms with van der Waals surface area (Å²) < 4.78 is -0.716. The second-order valence-corrected chi connectivity index (χ2v) is 13.1. The van der Waals surface area contributed by atoms with Crippen LogP contribution in [-0.4, -0.2) is 81.5 Å². The van der Waals surface area contributed by atoms with Gasteiger partial charge in [-0.15, -0.1) is 24.9 Å². The van der Waals surface area contributed by atoms with E-state index in [4.69, 9.17) is 0 Å². The number of likely N-dealkylation sites (tertiary alicyclic amines) is 1. The van der Waals surface area contributed by atoms with E-state index in [-0.39, 0.29) is 35.5 Å². The average molecular weight is 554 g/mol. The van der Waals surface area contributed by atoms with Crippen LogP contribution in [0.4, 0.5) is 5.69 Å². The molecule has 0 radical (unpaired) electrons. The summed E-state index contributed by atoms with van der Waals surface area (Å²) >= 11 is 1.66. The Balaban J connectivity index is 1.86. The van der Waals surface area contributed by atoms with Crippen molar-refractivity contribution in [3.05, 3.63) is 54.6 Å². The molecule has 2 unspecified atom stereocenters. The number of aliphatic hydroxyl groups is 1. The van der Waals surface area contributed by atoms with Gasteiger partial charge in [0, 0.05) is 31.1 Å². The van der Waals surface area contributed by atoms with E-state index in [2.05, 4.69) is 13.2 Å². The van der Waals surface area contributed by atoms with Crippen LogP contribution in [0.5, 0.6) is 0 Å². The normalized spacial score (nSPS) is 28.7. The van der Waals surface area contributed by atoms with Crippen molar-refractivity contribution in [2.75, 3.05) is 31.6 Å². The fraction of sp³-hybridized carbons (Fsp3) is 0.581. The molecule has 212 valence electrons. The van der Waals surface area contributed by atoms with Crippen LogP contribution >= 0.6 is 11.8 Å². The van der Waals surface area contributed by atoms with Crippen molar-refractivity contribution in [3.8, 4) is 0 Å². The van der Waals surface area contributed by atoms with E-state index >= 15 is 0 Å². The molecule has 3 fully saturated rings. The van der Waals surface area contributed by atoms with Crippen molar-refractivity contribution in [2.45, 2.75) is 69.0 Å². The van der Waals surface area contributed by atoms with Gasteiger partial charge in [0.1, 0.15) is 6.04 Å². The Morgan fingerprint density at radius 3 is 2.54 bits per heavy atom. The lowest BCUT2D eigenvalue weighted by molar-refractivity contribution is -0.145. The van der Waals surface area contributed by atoms with Gasteiger partial charge >= 0.3 is 0 Å². The molecule has 0 saturated carbocycles. The number of rotatable bonds is 11. The minimum absolute atomic E-state index is 0.0131. The van der Waals surface area contributed by atoms with Gasteiger partial charge in [0.15, 0.2) is 0 Å². The first kappa shape index (κ1) is 29.4. The third-order valence-corrected chi connectivity index (χ3v) is 11.1. The fourth-order valence-corrected chi connectivity index (χ4v) is 9.15. The van der Waals surface area contributed by atoms with Gasteiger partial charge in [-0.25, -0.2) is 0 Å². The highest BCUT2D eigenvalue weighted by Crippen LogP contribution is 2.67. The zero-order valence-electron chi connectivity index (χ0n) is 23.9. The lowest BCUT2D eigenvalue weighted by Crippen LogP contribution is -2.58. The summed E-state index contributed by atoms with van der Waals surface area (Å²) in [7, 11) is 1.75. The quantitative estimate of drug-likeness (QED) is 0.420. The topological polar surface area (TPSA) is 81.2 Å². The third-order valence-electron chi connectivity index (χ3n) is 9.11. The Bertz CT molecular complexity index is 1150. The summed E-state index contributed by atoms with van der Waals surface area (Å²) in [6.07, 6.45) is 5.62. The standard InChI is InChI=1S/C31H43N3O4S/c1-8-15-32(7)28(36)25-24-13-14-31(39-24)26(25)29(37)34(23(18-35)20(5)10-3)27(31)30(38)33(16-9-2)22-17-19(4)11-12-21(22)6/h8-9,11-12,17,20,23-27,35H,1-2,10,13-16,18H2,3-7H3/t20-,23-,24-,25+,26-,27?,31?/m0/s1. The summed E-state index contributed by atoms with van der Waals surface area (Å²) in [5, 5.41) is 10.6. The number of benzene rings is 1. The fourth-order valence-electron chi connectivity index (χ4n) is 6.96. The van der Waals surface area contributed by atoms with Gasteiger partial charge in [-0.3, -0.25) is 14.4 Å². The van der Waals surface area contributed by atoms with E-state index in [1.807, 2.05) is 45.9 Å². The van der Waals surface area contributed by atoms with E-state index < -0.39 is 28.7 Å². The van der Waals surface area contributed by atoms with Crippen LogP contribution in [0.15, 0.2) is 43.5 Å². The molecule has 2 bridgehead atoms. The number of aliphatic hydroxyl groups excluding tert-OH is 1. The molecule has 39 heavy (non-hydrogen) atoms. The summed E-state index contributed by atoms with van der Waals surface area (Å²) in [5.41, 5.74) is 2.80. The number of hydrogen-bond donors (Lipinski definition) is 1. The van der Waals surface area contributed by atoms with Crippen molar-refractivity contribution >= 4 is 35.2 Å². The van der Waals surface area contributed by atoms with Gasteiger partial charge < -0.3 is 19.8 Å². The molecule has 0 aromatic heterocycles. The van der Waals surface area contributed by atoms with Crippen LogP contribution in [0.3, 0.4) is 0 Å². The summed E-state index contributed by atoms with van der Waals surface area (Å²) in [4.78, 5) is 48.0. The summed E-state index contributed by atoms with van der Waals surface area (Å²) in [6.45, 7) is 16.2. The van der Waals surface area contributed by atoms with Crippen molar-refractivity contribution < 1.29 is 19.5 Å². The van der Waals surface area contributed by atoms with Crippen molar-refractivity contribution in [1.82, 2.24) is 9.80 Å². The molecule has 3 aliphatic rings. The molecule has 7 atom stereocenters. The van der Waals surface area contributed by atoms with Gasteiger partial charge in [-0.2, -0.15) is 0 Å². The third kappa shape index (κ3) is 4.73. The molecule has 7 nitrogen and oxygen atoms in total. The molecule has 8 heteroatoms. The molecule has 3 amide bonds. The number of carbonyl (C=O) groups excluding carboxylic acids is 3. The molecule has 1 N–H and O–H groups in total. The van der Waals surface area contributed by atoms with Gasteiger partial charge in [0.05, 0.1) is 29.2 Å². The van der Waals surface area contributed by atoms with Gasteiger partial charge in [0.25, 0.3) is 5.91 Å². The zero-order chi connectivity index (χ0) is 28.6. The van der Waals surface area contributed by atoms with Gasteiger partial charge in [0.2, 0.25) is 11.8 Å². The monoisotopic (exact) mass is 553 g/mol. The molecule has 3 saturated heterocycles. The highest BCUT2D eigenvalue weighted by Gasteiger charge is 2.74. The number of likely N-dealkylation sites (N-methyl/N-ethyl adjacent to an activating group) is 1. The Labute approximate surface area is 237 Å². The summed E-state index contributed by atoms with van der Waals surface area (Å²) in [6, 6.07) is 4.73. The van der Waals surface area contributed by atoms with Crippen LogP contribution < -0.4 is 4.90 Å². The van der Waals surface area contributed by atoms with Crippen LogP contribution in [0, 0.1) is 31.6 Å².